The Hall–Kier alpha value is -2.23. The van der Waals surface area contributed by atoms with Gasteiger partial charge in [0.2, 0.25) is 14.2 Å². The zero-order valence-corrected chi connectivity index (χ0v) is 12.5. The highest BCUT2D eigenvalue weighted by atomic mass is 32.2. The van der Waals surface area contributed by atoms with E-state index in [2.05, 4.69) is 4.98 Å². The highest BCUT2D eigenvalue weighted by Gasteiger charge is 2.20. The molecular formula is C15H10N2O2S2. The van der Waals surface area contributed by atoms with Crippen molar-refractivity contribution in [2.24, 2.45) is 0 Å². The van der Waals surface area contributed by atoms with Crippen LogP contribution in [0.1, 0.15) is 11.1 Å². The standard InChI is InChI=1S/C15H10N2O2S2/c16-9-11-5-7-12(8-6-11)10-21(18,19)15-17-13-3-1-2-4-14(13)20-15/h1-8H,10H2. The summed E-state index contributed by atoms with van der Waals surface area (Å²) in [4.78, 5) is 4.19. The van der Waals surface area contributed by atoms with E-state index in [0.29, 0.717) is 16.6 Å². The minimum atomic E-state index is -3.47. The average molecular weight is 314 g/mol. The number of aromatic nitrogens is 1. The third-order valence-corrected chi connectivity index (χ3v) is 6.16. The molecule has 104 valence electrons. The number of sulfone groups is 1. The molecule has 6 heteroatoms. The van der Waals surface area contributed by atoms with Crippen LogP contribution >= 0.6 is 11.3 Å². The Labute approximate surface area is 126 Å². The van der Waals surface area contributed by atoms with Crippen molar-refractivity contribution in [3.05, 3.63) is 59.7 Å². The molecule has 2 aromatic carbocycles. The van der Waals surface area contributed by atoms with Crippen LogP contribution in [0, 0.1) is 11.3 Å². The normalized spacial score (nSPS) is 11.4. The van der Waals surface area contributed by atoms with Crippen molar-refractivity contribution in [2.75, 3.05) is 0 Å². The van der Waals surface area contributed by atoms with Crippen LogP contribution in [0.2, 0.25) is 0 Å². The number of fused-ring (bicyclic) bond motifs is 1. The summed E-state index contributed by atoms with van der Waals surface area (Å²) < 4.78 is 25.8. The molecule has 4 nitrogen and oxygen atoms in total. The van der Waals surface area contributed by atoms with Crippen molar-refractivity contribution in [3.8, 4) is 6.07 Å². The Morgan fingerprint density at radius 1 is 1.10 bits per heavy atom. The quantitative estimate of drug-likeness (QED) is 0.744. The molecule has 0 spiro atoms. The predicted molar refractivity (Wildman–Crippen MR) is 81.7 cm³/mol. The van der Waals surface area contributed by atoms with E-state index in [0.717, 1.165) is 4.70 Å². The van der Waals surface area contributed by atoms with E-state index in [1.54, 1.807) is 30.3 Å². The monoisotopic (exact) mass is 314 g/mol. The Balaban J connectivity index is 1.94. The molecule has 21 heavy (non-hydrogen) atoms. The number of nitriles is 1. The molecular weight excluding hydrogens is 304 g/mol. The number of hydrogen-bond acceptors (Lipinski definition) is 5. The van der Waals surface area contributed by atoms with Gasteiger partial charge in [-0.3, -0.25) is 0 Å². The molecule has 3 aromatic rings. The summed E-state index contributed by atoms with van der Waals surface area (Å²) in [5.41, 5.74) is 1.85. The summed E-state index contributed by atoms with van der Waals surface area (Å²) in [6.07, 6.45) is 0. The Bertz CT molecular complexity index is 903. The second kappa shape index (κ2) is 5.28. The van der Waals surface area contributed by atoms with Crippen molar-refractivity contribution in [3.63, 3.8) is 0 Å². The molecule has 0 N–H and O–H groups in total. The largest absolute Gasteiger partial charge is 0.225 e. The molecule has 0 aliphatic heterocycles. The van der Waals surface area contributed by atoms with Gasteiger partial charge in [-0.05, 0) is 29.8 Å². The van der Waals surface area contributed by atoms with Crippen molar-refractivity contribution >= 4 is 31.4 Å². The van der Waals surface area contributed by atoms with E-state index < -0.39 is 9.84 Å². The molecule has 0 radical (unpaired) electrons. The lowest BCUT2D eigenvalue weighted by Gasteiger charge is -2.01. The van der Waals surface area contributed by atoms with E-state index >= 15 is 0 Å². The zero-order valence-electron chi connectivity index (χ0n) is 10.9. The first-order chi connectivity index (χ1) is 10.1. The van der Waals surface area contributed by atoms with Crippen LogP contribution in [0.3, 0.4) is 0 Å². The SMILES string of the molecule is N#Cc1ccc(CS(=O)(=O)c2nc3ccccc3s2)cc1. The van der Waals surface area contributed by atoms with Gasteiger partial charge in [0.15, 0.2) is 0 Å². The summed E-state index contributed by atoms with van der Waals surface area (Å²) in [6, 6.07) is 15.9. The van der Waals surface area contributed by atoms with E-state index in [9.17, 15) is 8.42 Å². The summed E-state index contributed by atoms with van der Waals surface area (Å²) in [7, 11) is -3.47. The van der Waals surface area contributed by atoms with Crippen molar-refractivity contribution in [1.82, 2.24) is 4.98 Å². The predicted octanol–water partition coefficient (Wildman–Crippen LogP) is 3.14. The van der Waals surface area contributed by atoms with Gasteiger partial charge < -0.3 is 0 Å². The number of para-hydroxylation sites is 1. The highest BCUT2D eigenvalue weighted by Crippen LogP contribution is 2.27. The maximum Gasteiger partial charge on any atom is 0.210 e. The second-order valence-electron chi connectivity index (χ2n) is 4.52. The highest BCUT2D eigenvalue weighted by molar-refractivity contribution is 7.92. The molecule has 0 atom stereocenters. The van der Waals surface area contributed by atoms with Crippen molar-refractivity contribution in [1.29, 1.82) is 5.26 Å². The summed E-state index contributed by atoms with van der Waals surface area (Å²) in [5, 5.41) is 8.74. The van der Waals surface area contributed by atoms with Gasteiger partial charge in [-0.2, -0.15) is 5.26 Å². The summed E-state index contributed by atoms with van der Waals surface area (Å²) in [6.45, 7) is 0. The topological polar surface area (TPSA) is 70.8 Å². The maximum absolute atomic E-state index is 12.4. The number of benzene rings is 2. The lowest BCUT2D eigenvalue weighted by atomic mass is 10.2. The minimum Gasteiger partial charge on any atom is -0.225 e. The van der Waals surface area contributed by atoms with Crippen molar-refractivity contribution in [2.45, 2.75) is 10.1 Å². The fourth-order valence-electron chi connectivity index (χ4n) is 1.94. The Morgan fingerprint density at radius 2 is 1.81 bits per heavy atom. The Kier molecular flexibility index (Phi) is 3.45. The lowest BCUT2D eigenvalue weighted by Crippen LogP contribution is -2.04. The summed E-state index contributed by atoms with van der Waals surface area (Å²) in [5.74, 6) is -0.113. The number of hydrogen-bond donors (Lipinski definition) is 0. The van der Waals surface area contributed by atoms with Crippen LogP contribution in [0.15, 0.2) is 52.9 Å². The molecule has 0 bridgehead atoms. The van der Waals surface area contributed by atoms with Crippen LogP contribution in [-0.4, -0.2) is 13.4 Å². The van der Waals surface area contributed by atoms with Crippen LogP contribution < -0.4 is 0 Å². The van der Waals surface area contributed by atoms with E-state index in [1.165, 1.54) is 11.3 Å². The molecule has 0 aliphatic carbocycles. The Morgan fingerprint density at radius 3 is 2.48 bits per heavy atom. The van der Waals surface area contributed by atoms with Gasteiger partial charge in [0.05, 0.1) is 27.6 Å². The fraction of sp³-hybridized carbons (Fsp3) is 0.0667. The third kappa shape index (κ3) is 2.79. The average Bonchev–Trinajstić information content (AvgIpc) is 2.92. The molecule has 0 unspecified atom stereocenters. The smallest absolute Gasteiger partial charge is 0.210 e. The van der Waals surface area contributed by atoms with Gasteiger partial charge in [-0.1, -0.05) is 24.3 Å². The van der Waals surface area contributed by atoms with E-state index in [4.69, 9.17) is 5.26 Å². The van der Waals surface area contributed by atoms with Gasteiger partial charge in [-0.25, -0.2) is 13.4 Å². The van der Waals surface area contributed by atoms with Crippen LogP contribution in [-0.2, 0) is 15.6 Å². The number of nitrogens with zero attached hydrogens (tertiary/aromatic N) is 2. The fourth-order valence-corrected chi connectivity index (χ4v) is 4.58. The van der Waals surface area contributed by atoms with Gasteiger partial charge in [0.25, 0.3) is 0 Å². The van der Waals surface area contributed by atoms with E-state index in [-0.39, 0.29) is 10.1 Å². The number of rotatable bonds is 3. The molecule has 0 aliphatic rings. The second-order valence-corrected chi connectivity index (χ2v) is 7.71. The van der Waals surface area contributed by atoms with Gasteiger partial charge in [-0.15, -0.1) is 11.3 Å². The first-order valence-electron chi connectivity index (χ1n) is 6.16. The van der Waals surface area contributed by atoms with Gasteiger partial charge >= 0.3 is 0 Å². The van der Waals surface area contributed by atoms with Gasteiger partial charge in [0, 0.05) is 0 Å². The first-order valence-corrected chi connectivity index (χ1v) is 8.63. The molecule has 0 saturated heterocycles. The van der Waals surface area contributed by atoms with Crippen LogP contribution in [0.4, 0.5) is 0 Å². The molecule has 0 fully saturated rings. The van der Waals surface area contributed by atoms with Crippen molar-refractivity contribution < 1.29 is 8.42 Å². The molecule has 3 rings (SSSR count). The number of thiazole rings is 1. The third-order valence-electron chi connectivity index (χ3n) is 2.98. The summed E-state index contributed by atoms with van der Waals surface area (Å²) >= 11 is 1.18. The first kappa shape index (κ1) is 13.7. The van der Waals surface area contributed by atoms with Crippen LogP contribution in [0.5, 0.6) is 0 Å². The molecule has 0 amide bonds. The molecule has 0 saturated carbocycles. The van der Waals surface area contributed by atoms with Gasteiger partial charge in [0.1, 0.15) is 0 Å². The minimum absolute atomic E-state index is 0.113. The molecule has 1 heterocycles. The maximum atomic E-state index is 12.4. The lowest BCUT2D eigenvalue weighted by molar-refractivity contribution is 0.594. The zero-order chi connectivity index (χ0) is 14.9. The van der Waals surface area contributed by atoms with E-state index in [1.807, 2.05) is 24.3 Å². The molecule has 1 aromatic heterocycles. The van der Waals surface area contributed by atoms with Crippen LogP contribution in [0.25, 0.3) is 10.2 Å².